The van der Waals surface area contributed by atoms with E-state index in [0.29, 0.717) is 6.04 Å². The van der Waals surface area contributed by atoms with Crippen LogP contribution in [-0.2, 0) is 0 Å². The van der Waals surface area contributed by atoms with Crippen LogP contribution in [0.5, 0.6) is 5.75 Å². The van der Waals surface area contributed by atoms with E-state index in [0.717, 1.165) is 12.3 Å². The van der Waals surface area contributed by atoms with Gasteiger partial charge in [0.15, 0.2) is 0 Å². The van der Waals surface area contributed by atoms with Crippen LogP contribution in [-0.4, -0.2) is 13.7 Å². The van der Waals surface area contributed by atoms with Crippen LogP contribution in [0.25, 0.3) is 0 Å². The molecule has 0 spiro atoms. The number of hydrogen-bond donors (Lipinski definition) is 1. The molecule has 0 aliphatic heterocycles. The summed E-state index contributed by atoms with van der Waals surface area (Å²) in [4.78, 5) is 0. The van der Waals surface area contributed by atoms with Gasteiger partial charge in [-0.1, -0.05) is 43.9 Å². The molecule has 0 heterocycles. The van der Waals surface area contributed by atoms with Gasteiger partial charge in [-0.15, -0.1) is 0 Å². The lowest BCUT2D eigenvalue weighted by Gasteiger charge is -2.18. The van der Waals surface area contributed by atoms with E-state index in [2.05, 4.69) is 44.3 Å². The van der Waals surface area contributed by atoms with Gasteiger partial charge < -0.3 is 10.1 Å². The summed E-state index contributed by atoms with van der Waals surface area (Å²) in [7, 11) is 1.74. The van der Waals surface area contributed by atoms with Crippen LogP contribution in [0.4, 0.5) is 0 Å². The van der Waals surface area contributed by atoms with Crippen LogP contribution in [0.15, 0.2) is 18.2 Å². The highest BCUT2D eigenvalue weighted by atomic mass is 16.5. The summed E-state index contributed by atoms with van der Waals surface area (Å²) in [6.45, 7) is 7.65. The zero-order valence-electron chi connectivity index (χ0n) is 12.3. The predicted molar refractivity (Wildman–Crippen MR) is 78.3 cm³/mol. The molecule has 0 amide bonds. The first kappa shape index (κ1) is 15.0. The minimum absolute atomic E-state index is 0.349. The molecule has 1 atom stereocenters. The normalized spacial score (nSPS) is 12.4. The van der Waals surface area contributed by atoms with Gasteiger partial charge in [0.05, 0.1) is 7.11 Å². The van der Waals surface area contributed by atoms with Crippen LogP contribution < -0.4 is 10.1 Å². The molecule has 0 aliphatic carbocycles. The zero-order chi connectivity index (χ0) is 13.4. The number of methoxy groups -OCH3 is 1. The topological polar surface area (TPSA) is 21.3 Å². The standard InChI is InChI=1S/C16H27NO/c1-5-6-7-8-11-17-14(3)15-12-13(2)9-10-16(15)18-4/h9-10,12,14,17H,5-8,11H2,1-4H3. The van der Waals surface area contributed by atoms with Crippen molar-refractivity contribution in [3.63, 3.8) is 0 Å². The fraction of sp³-hybridized carbons (Fsp3) is 0.625. The van der Waals surface area contributed by atoms with Crippen molar-refractivity contribution in [3.05, 3.63) is 29.3 Å². The van der Waals surface area contributed by atoms with Crippen LogP contribution >= 0.6 is 0 Å². The van der Waals surface area contributed by atoms with E-state index < -0.39 is 0 Å². The summed E-state index contributed by atoms with van der Waals surface area (Å²) in [6.07, 6.45) is 5.21. The highest BCUT2D eigenvalue weighted by Gasteiger charge is 2.10. The van der Waals surface area contributed by atoms with Crippen molar-refractivity contribution >= 4 is 0 Å². The number of nitrogens with one attached hydrogen (secondary N) is 1. The molecule has 2 nitrogen and oxygen atoms in total. The number of unbranched alkanes of at least 4 members (excludes halogenated alkanes) is 3. The highest BCUT2D eigenvalue weighted by Crippen LogP contribution is 2.25. The lowest BCUT2D eigenvalue weighted by molar-refractivity contribution is 0.401. The minimum Gasteiger partial charge on any atom is -0.496 e. The smallest absolute Gasteiger partial charge is 0.123 e. The molecule has 0 saturated carbocycles. The highest BCUT2D eigenvalue weighted by molar-refractivity contribution is 5.38. The Balaban J connectivity index is 2.49. The Morgan fingerprint density at radius 1 is 1.22 bits per heavy atom. The molecule has 0 fully saturated rings. The van der Waals surface area contributed by atoms with Gasteiger partial charge >= 0.3 is 0 Å². The molecule has 1 unspecified atom stereocenters. The van der Waals surface area contributed by atoms with Gasteiger partial charge in [0, 0.05) is 11.6 Å². The van der Waals surface area contributed by atoms with Gasteiger partial charge in [-0.25, -0.2) is 0 Å². The maximum atomic E-state index is 5.43. The Bertz CT molecular complexity index is 349. The number of ether oxygens (including phenoxy) is 1. The number of rotatable bonds is 8. The van der Waals surface area contributed by atoms with Crippen molar-refractivity contribution in [1.82, 2.24) is 5.32 Å². The van der Waals surface area contributed by atoms with Gasteiger partial charge in [0.2, 0.25) is 0 Å². The van der Waals surface area contributed by atoms with E-state index in [1.807, 2.05) is 0 Å². The average molecular weight is 249 g/mol. The summed E-state index contributed by atoms with van der Waals surface area (Å²) in [6, 6.07) is 6.71. The Morgan fingerprint density at radius 2 is 2.00 bits per heavy atom. The minimum atomic E-state index is 0.349. The van der Waals surface area contributed by atoms with E-state index in [4.69, 9.17) is 4.74 Å². The first-order valence-corrected chi connectivity index (χ1v) is 7.07. The second-order valence-corrected chi connectivity index (χ2v) is 4.98. The molecular weight excluding hydrogens is 222 g/mol. The van der Waals surface area contributed by atoms with Gasteiger partial charge in [-0.2, -0.15) is 0 Å². The second-order valence-electron chi connectivity index (χ2n) is 4.98. The first-order valence-electron chi connectivity index (χ1n) is 7.07. The zero-order valence-corrected chi connectivity index (χ0v) is 12.3. The number of aryl methyl sites for hydroxylation is 1. The average Bonchev–Trinajstić information content (AvgIpc) is 2.38. The predicted octanol–water partition coefficient (Wildman–Crippen LogP) is 4.23. The van der Waals surface area contributed by atoms with Crippen molar-refractivity contribution in [2.75, 3.05) is 13.7 Å². The van der Waals surface area contributed by atoms with Gasteiger partial charge in [0.25, 0.3) is 0 Å². The Labute approximate surface area is 112 Å². The Kier molecular flexibility index (Phi) is 6.81. The molecule has 0 radical (unpaired) electrons. The van der Waals surface area contributed by atoms with Crippen LogP contribution in [0, 0.1) is 6.92 Å². The van der Waals surface area contributed by atoms with Crippen molar-refractivity contribution < 1.29 is 4.74 Å². The fourth-order valence-corrected chi connectivity index (χ4v) is 2.17. The van der Waals surface area contributed by atoms with Crippen molar-refractivity contribution in [2.45, 2.75) is 52.5 Å². The molecule has 0 bridgehead atoms. The van der Waals surface area contributed by atoms with Crippen LogP contribution in [0.2, 0.25) is 0 Å². The molecule has 1 aromatic carbocycles. The molecule has 1 aromatic rings. The van der Waals surface area contributed by atoms with E-state index in [-0.39, 0.29) is 0 Å². The van der Waals surface area contributed by atoms with E-state index in [1.165, 1.54) is 36.8 Å². The number of hydrogen-bond acceptors (Lipinski definition) is 2. The largest absolute Gasteiger partial charge is 0.496 e. The molecule has 0 aliphatic rings. The van der Waals surface area contributed by atoms with E-state index in [1.54, 1.807) is 7.11 Å². The molecule has 2 heteroatoms. The molecule has 102 valence electrons. The van der Waals surface area contributed by atoms with Gasteiger partial charge in [-0.3, -0.25) is 0 Å². The molecule has 0 saturated heterocycles. The summed E-state index contributed by atoms with van der Waals surface area (Å²) in [5, 5.41) is 3.58. The summed E-state index contributed by atoms with van der Waals surface area (Å²) in [5.74, 6) is 0.981. The van der Waals surface area contributed by atoms with Gasteiger partial charge in [-0.05, 0) is 32.9 Å². The monoisotopic (exact) mass is 249 g/mol. The number of benzene rings is 1. The lowest BCUT2D eigenvalue weighted by atomic mass is 10.0. The van der Waals surface area contributed by atoms with E-state index in [9.17, 15) is 0 Å². The first-order chi connectivity index (χ1) is 8.69. The Morgan fingerprint density at radius 3 is 2.67 bits per heavy atom. The van der Waals surface area contributed by atoms with Crippen molar-refractivity contribution in [2.24, 2.45) is 0 Å². The van der Waals surface area contributed by atoms with Crippen molar-refractivity contribution in [3.8, 4) is 5.75 Å². The van der Waals surface area contributed by atoms with Crippen LogP contribution in [0.3, 0.4) is 0 Å². The third kappa shape index (κ3) is 4.69. The molecule has 0 aromatic heterocycles. The quantitative estimate of drug-likeness (QED) is 0.696. The summed E-state index contributed by atoms with van der Waals surface area (Å²) in [5.41, 5.74) is 2.54. The maximum absolute atomic E-state index is 5.43. The van der Waals surface area contributed by atoms with Crippen molar-refractivity contribution in [1.29, 1.82) is 0 Å². The molecular formula is C16H27NO. The Hall–Kier alpha value is -1.02. The fourth-order valence-electron chi connectivity index (χ4n) is 2.17. The van der Waals surface area contributed by atoms with E-state index >= 15 is 0 Å². The second kappa shape index (κ2) is 8.15. The van der Waals surface area contributed by atoms with Gasteiger partial charge in [0.1, 0.15) is 5.75 Å². The lowest BCUT2D eigenvalue weighted by Crippen LogP contribution is -2.20. The summed E-state index contributed by atoms with van der Waals surface area (Å²) >= 11 is 0. The molecule has 1 rings (SSSR count). The third-order valence-electron chi connectivity index (χ3n) is 3.33. The third-order valence-corrected chi connectivity index (χ3v) is 3.33. The molecule has 18 heavy (non-hydrogen) atoms. The maximum Gasteiger partial charge on any atom is 0.123 e. The SMILES string of the molecule is CCCCCCNC(C)c1cc(C)ccc1OC. The summed E-state index contributed by atoms with van der Waals surface area (Å²) < 4.78 is 5.43. The van der Waals surface area contributed by atoms with Crippen LogP contribution in [0.1, 0.15) is 56.7 Å². The molecule has 1 N–H and O–H groups in total.